The molecule has 0 unspecified atom stereocenters. The number of nitrogens with one attached hydrogen (secondary N) is 1. The summed E-state index contributed by atoms with van der Waals surface area (Å²) < 4.78 is 5.96. The summed E-state index contributed by atoms with van der Waals surface area (Å²) in [5.74, 6) is -0.474. The largest absolute Gasteiger partial charge is 0.462 e. The lowest BCUT2D eigenvalue weighted by Crippen LogP contribution is -2.29. The Balaban J connectivity index is 1.84. The number of amides is 1. The topological polar surface area (TPSA) is 58.6 Å². The van der Waals surface area contributed by atoms with Gasteiger partial charge in [-0.3, -0.25) is 9.69 Å². The summed E-state index contributed by atoms with van der Waals surface area (Å²) in [6.07, 6.45) is 0. The number of hydrogen-bond acceptors (Lipinski definition) is 4. The van der Waals surface area contributed by atoms with Crippen molar-refractivity contribution in [3.8, 4) is 0 Å². The molecule has 0 aliphatic carbocycles. The number of nitrogens with zero attached hydrogens (tertiary/aromatic N) is 1. The molecule has 2 aromatic rings. The van der Waals surface area contributed by atoms with Crippen LogP contribution in [0.2, 0.25) is 0 Å². The van der Waals surface area contributed by atoms with E-state index < -0.39 is 0 Å². The molecule has 1 amide bonds. The number of benzene rings is 2. The van der Waals surface area contributed by atoms with Gasteiger partial charge in [-0.1, -0.05) is 28.1 Å². The number of anilines is 1. The average Bonchev–Trinajstić information content (AvgIpc) is 2.57. The van der Waals surface area contributed by atoms with Crippen LogP contribution in [0.25, 0.3) is 0 Å². The van der Waals surface area contributed by atoms with Crippen LogP contribution in [0.3, 0.4) is 0 Å². The fourth-order valence-electron chi connectivity index (χ4n) is 2.31. The fraction of sp³-hybridized carbons (Fsp3) is 0.263. The predicted octanol–water partition coefficient (Wildman–Crippen LogP) is 3.70. The lowest BCUT2D eigenvalue weighted by atomic mass is 10.2. The molecule has 2 rings (SSSR count). The average molecular weight is 405 g/mol. The fourth-order valence-corrected chi connectivity index (χ4v) is 2.57. The second-order valence-electron chi connectivity index (χ2n) is 5.64. The van der Waals surface area contributed by atoms with Crippen molar-refractivity contribution >= 4 is 33.5 Å². The Kier molecular flexibility index (Phi) is 7.16. The molecule has 0 aromatic heterocycles. The van der Waals surface area contributed by atoms with Crippen molar-refractivity contribution in [2.24, 2.45) is 0 Å². The summed E-state index contributed by atoms with van der Waals surface area (Å²) in [5, 5.41) is 2.83. The molecule has 132 valence electrons. The van der Waals surface area contributed by atoms with Gasteiger partial charge in [0.2, 0.25) is 5.91 Å². The molecule has 0 fully saturated rings. The van der Waals surface area contributed by atoms with Crippen molar-refractivity contribution in [2.45, 2.75) is 13.5 Å². The number of carbonyl (C=O) groups excluding carboxylic acids is 2. The molecule has 0 heterocycles. The molecule has 0 saturated carbocycles. The van der Waals surface area contributed by atoms with E-state index in [4.69, 9.17) is 4.74 Å². The first kappa shape index (κ1) is 19.1. The van der Waals surface area contributed by atoms with Gasteiger partial charge in [0.05, 0.1) is 18.7 Å². The molecule has 25 heavy (non-hydrogen) atoms. The number of carbonyl (C=O) groups is 2. The van der Waals surface area contributed by atoms with Gasteiger partial charge in [0.1, 0.15) is 0 Å². The van der Waals surface area contributed by atoms with Crippen LogP contribution in [0.15, 0.2) is 53.0 Å². The van der Waals surface area contributed by atoms with Crippen LogP contribution >= 0.6 is 15.9 Å². The van der Waals surface area contributed by atoms with E-state index in [-0.39, 0.29) is 18.4 Å². The van der Waals surface area contributed by atoms with Gasteiger partial charge in [0.25, 0.3) is 0 Å². The second kappa shape index (κ2) is 9.34. The first-order valence-electron chi connectivity index (χ1n) is 7.98. The summed E-state index contributed by atoms with van der Waals surface area (Å²) in [6.45, 7) is 3.05. The standard InChI is InChI=1S/C19H21BrN2O3/c1-3-25-19(24)15-6-10-17(11-7-15)21-18(23)13-22(2)12-14-4-8-16(20)9-5-14/h4-11H,3,12-13H2,1-2H3,(H,21,23). The van der Waals surface area contributed by atoms with Crippen molar-refractivity contribution in [3.63, 3.8) is 0 Å². The van der Waals surface area contributed by atoms with Crippen molar-refractivity contribution in [3.05, 3.63) is 64.1 Å². The van der Waals surface area contributed by atoms with Gasteiger partial charge in [-0.2, -0.15) is 0 Å². The van der Waals surface area contributed by atoms with Crippen LogP contribution < -0.4 is 5.32 Å². The molecule has 0 aliphatic rings. The number of ether oxygens (including phenoxy) is 1. The van der Waals surface area contributed by atoms with Crippen molar-refractivity contribution in [1.29, 1.82) is 0 Å². The van der Waals surface area contributed by atoms with Crippen LogP contribution in [0.1, 0.15) is 22.8 Å². The van der Waals surface area contributed by atoms with E-state index in [2.05, 4.69) is 21.2 Å². The Morgan fingerprint density at radius 2 is 1.72 bits per heavy atom. The van der Waals surface area contributed by atoms with Crippen LogP contribution in [-0.2, 0) is 16.1 Å². The highest BCUT2D eigenvalue weighted by atomic mass is 79.9. The molecule has 0 aliphatic heterocycles. The van der Waals surface area contributed by atoms with Crippen molar-refractivity contribution < 1.29 is 14.3 Å². The van der Waals surface area contributed by atoms with Gasteiger partial charge in [-0.15, -0.1) is 0 Å². The number of rotatable bonds is 7. The van der Waals surface area contributed by atoms with Crippen LogP contribution in [-0.4, -0.2) is 37.0 Å². The third kappa shape index (κ3) is 6.32. The third-order valence-electron chi connectivity index (χ3n) is 3.46. The zero-order valence-electron chi connectivity index (χ0n) is 14.3. The molecular formula is C19H21BrN2O3. The SMILES string of the molecule is CCOC(=O)c1ccc(NC(=O)CN(C)Cc2ccc(Br)cc2)cc1. The first-order valence-corrected chi connectivity index (χ1v) is 8.77. The molecule has 0 saturated heterocycles. The van der Waals surface area contributed by atoms with E-state index in [9.17, 15) is 9.59 Å². The Morgan fingerprint density at radius 1 is 1.08 bits per heavy atom. The van der Waals surface area contributed by atoms with Gasteiger partial charge in [-0.05, 0) is 55.9 Å². The highest BCUT2D eigenvalue weighted by molar-refractivity contribution is 9.10. The van der Waals surface area contributed by atoms with Crippen molar-refractivity contribution in [2.75, 3.05) is 25.5 Å². The Labute approximate surface area is 156 Å². The maximum atomic E-state index is 12.1. The minimum Gasteiger partial charge on any atom is -0.462 e. The third-order valence-corrected chi connectivity index (χ3v) is 3.99. The van der Waals surface area contributed by atoms with E-state index >= 15 is 0 Å². The quantitative estimate of drug-likeness (QED) is 0.714. The molecule has 0 atom stereocenters. The van der Waals surface area contributed by atoms with E-state index in [0.717, 1.165) is 10.0 Å². The number of esters is 1. The lowest BCUT2D eigenvalue weighted by Gasteiger charge is -2.16. The van der Waals surface area contributed by atoms with E-state index in [1.54, 1.807) is 31.2 Å². The summed E-state index contributed by atoms with van der Waals surface area (Å²) >= 11 is 3.40. The molecular weight excluding hydrogens is 384 g/mol. The summed E-state index contributed by atoms with van der Waals surface area (Å²) in [4.78, 5) is 25.7. The number of likely N-dealkylation sites (N-methyl/N-ethyl adjacent to an activating group) is 1. The first-order chi connectivity index (χ1) is 12.0. The molecule has 0 spiro atoms. The molecule has 6 heteroatoms. The second-order valence-corrected chi connectivity index (χ2v) is 6.56. The normalized spacial score (nSPS) is 10.6. The van der Waals surface area contributed by atoms with Crippen LogP contribution in [0, 0.1) is 0 Å². The maximum absolute atomic E-state index is 12.1. The summed E-state index contributed by atoms with van der Waals surface area (Å²) in [7, 11) is 1.89. The number of halogens is 1. The van der Waals surface area contributed by atoms with Gasteiger partial charge in [-0.25, -0.2) is 4.79 Å². The highest BCUT2D eigenvalue weighted by Crippen LogP contribution is 2.13. The zero-order chi connectivity index (χ0) is 18.2. The van der Waals surface area contributed by atoms with Gasteiger partial charge < -0.3 is 10.1 Å². The minimum atomic E-state index is -0.366. The molecule has 1 N–H and O–H groups in total. The monoisotopic (exact) mass is 404 g/mol. The van der Waals surface area contributed by atoms with Crippen LogP contribution in [0.4, 0.5) is 5.69 Å². The molecule has 0 bridgehead atoms. The minimum absolute atomic E-state index is 0.108. The maximum Gasteiger partial charge on any atom is 0.338 e. The smallest absolute Gasteiger partial charge is 0.338 e. The van der Waals surface area contributed by atoms with Crippen molar-refractivity contribution in [1.82, 2.24) is 4.90 Å². The van der Waals surface area contributed by atoms with E-state index in [1.165, 1.54) is 0 Å². The highest BCUT2D eigenvalue weighted by Gasteiger charge is 2.09. The summed E-state index contributed by atoms with van der Waals surface area (Å²) in [6, 6.07) is 14.7. The Morgan fingerprint density at radius 3 is 2.32 bits per heavy atom. The number of hydrogen-bond donors (Lipinski definition) is 1. The van der Waals surface area contributed by atoms with E-state index in [0.29, 0.717) is 24.4 Å². The molecule has 5 nitrogen and oxygen atoms in total. The summed E-state index contributed by atoms with van der Waals surface area (Å²) in [5.41, 5.74) is 2.25. The van der Waals surface area contributed by atoms with Crippen LogP contribution in [0.5, 0.6) is 0 Å². The Bertz CT molecular complexity index is 714. The molecule has 2 aromatic carbocycles. The van der Waals surface area contributed by atoms with Gasteiger partial charge >= 0.3 is 5.97 Å². The zero-order valence-corrected chi connectivity index (χ0v) is 15.9. The van der Waals surface area contributed by atoms with E-state index in [1.807, 2.05) is 36.2 Å². The Hall–Kier alpha value is -2.18. The van der Waals surface area contributed by atoms with Gasteiger partial charge in [0.15, 0.2) is 0 Å². The molecule has 0 radical (unpaired) electrons. The lowest BCUT2D eigenvalue weighted by molar-refractivity contribution is -0.117. The van der Waals surface area contributed by atoms with Gasteiger partial charge in [0, 0.05) is 16.7 Å². The predicted molar refractivity (Wildman–Crippen MR) is 102 cm³/mol.